The summed E-state index contributed by atoms with van der Waals surface area (Å²) in [5, 5.41) is 0. The first-order chi connectivity index (χ1) is 14.0. The quantitative estimate of drug-likeness (QED) is 0.146. The number of hydrogen-bond acceptors (Lipinski definition) is 2. The molecule has 180 valence electrons. The Bertz CT molecular complexity index is 391. The van der Waals surface area contributed by atoms with Gasteiger partial charge in [0.2, 0.25) is 0 Å². The molecule has 0 aromatic rings. The van der Waals surface area contributed by atoms with E-state index in [1.807, 2.05) is 12.5 Å². The van der Waals surface area contributed by atoms with E-state index in [-0.39, 0.29) is 18.5 Å². The highest BCUT2D eigenvalue weighted by atomic mass is 35.5. The number of rotatable bonds is 21. The summed E-state index contributed by atoms with van der Waals surface area (Å²) in [7, 11) is 6.60. The summed E-state index contributed by atoms with van der Waals surface area (Å²) in [6, 6.07) is 0. The van der Waals surface area contributed by atoms with E-state index in [4.69, 9.17) is 9.47 Å². The lowest BCUT2D eigenvalue weighted by atomic mass is 10.1. The number of quaternary nitrogens is 1. The van der Waals surface area contributed by atoms with Crippen molar-refractivity contribution in [3.63, 3.8) is 0 Å². The monoisotopic (exact) mass is 445 g/mol. The predicted octanol–water partition coefficient (Wildman–Crippen LogP) is 4.63. The lowest BCUT2D eigenvalue weighted by molar-refractivity contribution is -0.873. The van der Waals surface area contributed by atoms with Gasteiger partial charge in [-0.25, -0.2) is 0 Å². The van der Waals surface area contributed by atoms with Crippen LogP contribution >= 0.6 is 0 Å². The molecule has 0 amide bonds. The number of unbranched alkanes of at least 4 members (excludes halogenated alkanes) is 12. The van der Waals surface area contributed by atoms with Gasteiger partial charge < -0.3 is 26.4 Å². The molecule has 0 spiro atoms. The van der Waals surface area contributed by atoms with Crippen molar-refractivity contribution in [1.82, 2.24) is 0 Å². The molecule has 0 aliphatic rings. The molecule has 0 saturated carbocycles. The molecule has 0 saturated heterocycles. The molecule has 0 unspecified atom stereocenters. The maximum Gasteiger partial charge on any atom is 0.180 e. The molecule has 0 aliphatic heterocycles. The van der Waals surface area contributed by atoms with Crippen molar-refractivity contribution < 1.29 is 26.4 Å². The fraction of sp³-hybridized carbons (Fsp3) is 0.846. The van der Waals surface area contributed by atoms with Gasteiger partial charge in [-0.15, -0.1) is 0 Å². The van der Waals surface area contributed by atoms with Crippen molar-refractivity contribution in [1.29, 1.82) is 0 Å². The molecule has 0 aliphatic carbocycles. The Labute approximate surface area is 195 Å². The zero-order valence-electron chi connectivity index (χ0n) is 20.8. The summed E-state index contributed by atoms with van der Waals surface area (Å²) in [5.41, 5.74) is 0. The number of allylic oxidation sites excluding steroid dienone is 2. The molecular weight excluding hydrogens is 394 g/mol. The lowest BCUT2D eigenvalue weighted by Crippen LogP contribution is -3.00. The van der Waals surface area contributed by atoms with Crippen molar-refractivity contribution in [3.8, 4) is 0 Å². The van der Waals surface area contributed by atoms with Gasteiger partial charge in [0.05, 0.1) is 33.7 Å². The minimum atomic E-state index is 0. The fourth-order valence-corrected chi connectivity index (χ4v) is 3.36. The van der Waals surface area contributed by atoms with Gasteiger partial charge in [-0.05, 0) is 37.8 Å². The van der Waals surface area contributed by atoms with Gasteiger partial charge >= 0.3 is 0 Å². The Morgan fingerprint density at radius 1 is 0.667 bits per heavy atom. The number of halogens is 1. The first kappa shape index (κ1) is 31.5. The van der Waals surface area contributed by atoms with Gasteiger partial charge in [0.15, 0.2) is 6.10 Å². The molecule has 0 aromatic heterocycles. The topological polar surface area (TPSA) is 18.5 Å². The largest absolute Gasteiger partial charge is 1.00 e. The van der Waals surface area contributed by atoms with Crippen LogP contribution in [0.3, 0.4) is 0 Å². The SMILES string of the molecule is CCCCCCCCC=COC[C@H](C[N+](C)(C)C)OC=CCCCCCCCC.[Cl-]. The Balaban J connectivity index is 0. The van der Waals surface area contributed by atoms with Crippen LogP contribution in [0.5, 0.6) is 0 Å². The van der Waals surface area contributed by atoms with Crippen LogP contribution in [0.4, 0.5) is 0 Å². The number of nitrogens with zero attached hydrogens (tertiary/aromatic N) is 1. The standard InChI is InChI=1S/C26H52NO2.ClH/c1-6-8-10-12-14-16-18-20-22-28-25-26(24-27(3,4)5)29-23-21-19-17-15-13-11-9-7-2;/h20-23,26H,6-19,24-25H2,1-5H3;1H/q+1;/p-1/t26-;/m0./s1. The first-order valence-electron chi connectivity index (χ1n) is 12.4. The molecule has 0 heterocycles. The summed E-state index contributed by atoms with van der Waals surface area (Å²) in [5.74, 6) is 0. The Kier molecular flexibility index (Phi) is 24.2. The van der Waals surface area contributed by atoms with E-state index < -0.39 is 0 Å². The highest BCUT2D eigenvalue weighted by Gasteiger charge is 2.18. The van der Waals surface area contributed by atoms with Crippen LogP contribution in [0, 0.1) is 0 Å². The molecule has 0 radical (unpaired) electrons. The molecule has 4 heteroatoms. The molecule has 0 rings (SSSR count). The summed E-state index contributed by atoms with van der Waals surface area (Å²) < 4.78 is 12.6. The fourth-order valence-electron chi connectivity index (χ4n) is 3.36. The second-order valence-electron chi connectivity index (χ2n) is 9.42. The Morgan fingerprint density at radius 3 is 1.63 bits per heavy atom. The van der Waals surface area contributed by atoms with Gasteiger partial charge in [-0.1, -0.05) is 78.1 Å². The van der Waals surface area contributed by atoms with Crippen molar-refractivity contribution >= 4 is 0 Å². The molecule has 3 nitrogen and oxygen atoms in total. The number of hydrogen-bond donors (Lipinski definition) is 0. The third-order valence-electron chi connectivity index (χ3n) is 5.04. The molecule has 30 heavy (non-hydrogen) atoms. The maximum absolute atomic E-state index is 5.99. The van der Waals surface area contributed by atoms with Crippen molar-refractivity contribution in [2.45, 2.75) is 110 Å². The summed E-state index contributed by atoms with van der Waals surface area (Å²) >= 11 is 0. The van der Waals surface area contributed by atoms with Gasteiger partial charge in [-0.3, -0.25) is 0 Å². The van der Waals surface area contributed by atoms with E-state index in [9.17, 15) is 0 Å². The van der Waals surface area contributed by atoms with Crippen LogP contribution in [-0.4, -0.2) is 44.9 Å². The molecule has 1 atom stereocenters. The van der Waals surface area contributed by atoms with E-state index in [1.54, 1.807) is 0 Å². The maximum atomic E-state index is 5.99. The van der Waals surface area contributed by atoms with E-state index in [0.717, 1.165) is 23.9 Å². The smallest absolute Gasteiger partial charge is 0.180 e. The number of ether oxygens (including phenoxy) is 2. The lowest BCUT2D eigenvalue weighted by Gasteiger charge is -2.28. The van der Waals surface area contributed by atoms with Crippen LogP contribution in [0.25, 0.3) is 0 Å². The van der Waals surface area contributed by atoms with Crippen LogP contribution in [0.1, 0.15) is 104 Å². The summed E-state index contributed by atoms with van der Waals surface area (Å²) in [4.78, 5) is 0. The first-order valence-corrected chi connectivity index (χ1v) is 12.4. The van der Waals surface area contributed by atoms with Gasteiger partial charge in [0.1, 0.15) is 13.2 Å². The zero-order valence-corrected chi connectivity index (χ0v) is 21.6. The van der Waals surface area contributed by atoms with Gasteiger partial charge in [0.25, 0.3) is 0 Å². The van der Waals surface area contributed by atoms with E-state index in [2.05, 4.69) is 47.1 Å². The van der Waals surface area contributed by atoms with Crippen LogP contribution in [0.15, 0.2) is 24.7 Å². The van der Waals surface area contributed by atoms with Gasteiger partial charge in [-0.2, -0.15) is 0 Å². The van der Waals surface area contributed by atoms with Crippen LogP contribution in [0.2, 0.25) is 0 Å². The van der Waals surface area contributed by atoms with E-state index >= 15 is 0 Å². The third kappa shape index (κ3) is 25.4. The predicted molar refractivity (Wildman–Crippen MR) is 128 cm³/mol. The average Bonchev–Trinajstić information content (AvgIpc) is 2.66. The minimum Gasteiger partial charge on any atom is -1.00 e. The molecular formula is C26H52ClNO2. The van der Waals surface area contributed by atoms with Crippen molar-refractivity contribution in [2.24, 2.45) is 0 Å². The van der Waals surface area contributed by atoms with Crippen molar-refractivity contribution in [3.05, 3.63) is 24.7 Å². The molecule has 0 bridgehead atoms. The average molecular weight is 446 g/mol. The molecule has 0 N–H and O–H groups in total. The van der Waals surface area contributed by atoms with E-state index in [0.29, 0.717) is 6.61 Å². The summed E-state index contributed by atoms with van der Waals surface area (Å²) in [6.45, 7) is 6.08. The molecule has 0 aromatic carbocycles. The van der Waals surface area contributed by atoms with Crippen LogP contribution in [-0.2, 0) is 9.47 Å². The zero-order chi connectivity index (χ0) is 21.6. The third-order valence-corrected chi connectivity index (χ3v) is 5.04. The normalized spacial score (nSPS) is 13.0. The Morgan fingerprint density at radius 2 is 1.13 bits per heavy atom. The Hall–Kier alpha value is -0.670. The van der Waals surface area contributed by atoms with E-state index in [1.165, 1.54) is 77.0 Å². The summed E-state index contributed by atoms with van der Waals surface area (Å²) in [6.07, 6.45) is 26.5. The number of likely N-dealkylation sites (N-methyl/N-ethyl adjacent to an activating group) is 1. The second-order valence-corrected chi connectivity index (χ2v) is 9.42. The minimum absolute atomic E-state index is 0. The van der Waals surface area contributed by atoms with Crippen molar-refractivity contribution in [2.75, 3.05) is 34.3 Å². The van der Waals surface area contributed by atoms with Gasteiger partial charge in [0, 0.05) is 0 Å². The highest BCUT2D eigenvalue weighted by Crippen LogP contribution is 2.09. The molecule has 0 fully saturated rings. The second kappa shape index (κ2) is 23.0. The van der Waals surface area contributed by atoms with Crippen LogP contribution < -0.4 is 12.4 Å². The highest BCUT2D eigenvalue weighted by molar-refractivity contribution is 4.77.